The number of anilines is 1. The van der Waals surface area contributed by atoms with Crippen LogP contribution in [0.15, 0.2) is 76.6 Å². The minimum absolute atomic E-state index is 0.175. The third kappa shape index (κ3) is 4.84. The van der Waals surface area contributed by atoms with Crippen LogP contribution in [0.1, 0.15) is 22.8 Å². The van der Waals surface area contributed by atoms with Gasteiger partial charge in [-0.15, -0.1) is 0 Å². The van der Waals surface area contributed by atoms with E-state index in [0.29, 0.717) is 22.6 Å². The number of benzene rings is 3. The Morgan fingerprint density at radius 3 is 2.39 bits per heavy atom. The summed E-state index contributed by atoms with van der Waals surface area (Å²) in [5, 5.41) is 0. The summed E-state index contributed by atoms with van der Waals surface area (Å²) in [4.78, 5) is 17.9. The Morgan fingerprint density at radius 1 is 1.06 bits per heavy atom. The van der Waals surface area contributed by atoms with Crippen molar-refractivity contribution in [3.63, 3.8) is 0 Å². The van der Waals surface area contributed by atoms with Crippen LogP contribution in [0.2, 0.25) is 0 Å². The molecule has 7 nitrogen and oxygen atoms in total. The second kappa shape index (κ2) is 9.21. The Kier molecular flexibility index (Phi) is 6.35. The number of fused-ring (bicyclic) bond motifs is 1. The number of carbonyl (C=O) groups is 1. The smallest absolute Gasteiger partial charge is 0.279 e. The van der Waals surface area contributed by atoms with Crippen molar-refractivity contribution in [3.8, 4) is 5.75 Å². The second-order valence-corrected chi connectivity index (χ2v) is 10.1. The average Bonchev–Trinajstić information content (AvgIpc) is 3.15. The van der Waals surface area contributed by atoms with Gasteiger partial charge in [-0.05, 0) is 68.4 Å². The molecular weight excluding hydrogens is 458 g/mol. The maximum atomic E-state index is 12.8. The van der Waals surface area contributed by atoms with E-state index in [2.05, 4.69) is 9.71 Å². The van der Waals surface area contributed by atoms with Crippen LogP contribution < -0.4 is 14.3 Å². The summed E-state index contributed by atoms with van der Waals surface area (Å²) in [6.45, 7) is 4.55. The molecule has 1 aromatic heterocycles. The largest absolute Gasteiger partial charge is 0.497 e. The van der Waals surface area contributed by atoms with Crippen molar-refractivity contribution in [3.05, 3.63) is 82.7 Å². The fourth-order valence-electron chi connectivity index (χ4n) is 3.34. The molecule has 0 unspecified atom stereocenters. The first-order chi connectivity index (χ1) is 15.8. The molecule has 0 radical (unpaired) electrons. The number of carbonyl (C=O) groups excluding carboxylic acids is 1. The summed E-state index contributed by atoms with van der Waals surface area (Å²) in [7, 11) is -2.10. The third-order valence-electron chi connectivity index (χ3n) is 5.12. The maximum Gasteiger partial charge on any atom is 0.279 e. The summed E-state index contributed by atoms with van der Waals surface area (Å²) < 4.78 is 35.9. The molecule has 1 amide bonds. The minimum atomic E-state index is -3.71. The van der Waals surface area contributed by atoms with E-state index in [1.165, 1.54) is 11.3 Å². The van der Waals surface area contributed by atoms with Crippen molar-refractivity contribution in [2.24, 2.45) is 4.99 Å². The molecular formula is C24H23N3O4S2. The Morgan fingerprint density at radius 2 is 1.76 bits per heavy atom. The highest BCUT2D eigenvalue weighted by Crippen LogP contribution is 2.23. The first-order valence-electron chi connectivity index (χ1n) is 10.3. The van der Waals surface area contributed by atoms with Crippen LogP contribution in [0.25, 0.3) is 10.2 Å². The van der Waals surface area contributed by atoms with Crippen LogP contribution in [0.4, 0.5) is 5.69 Å². The molecule has 9 heteroatoms. The van der Waals surface area contributed by atoms with Gasteiger partial charge in [0.15, 0.2) is 4.80 Å². The number of nitrogens with zero attached hydrogens (tertiary/aromatic N) is 2. The molecule has 0 aliphatic rings. The summed E-state index contributed by atoms with van der Waals surface area (Å²) in [6.07, 6.45) is 0. The number of thiazole rings is 1. The molecule has 33 heavy (non-hydrogen) atoms. The number of aromatic nitrogens is 1. The van der Waals surface area contributed by atoms with E-state index < -0.39 is 15.9 Å². The topological polar surface area (TPSA) is 89.8 Å². The number of aryl methyl sites for hydroxylation is 2. The van der Waals surface area contributed by atoms with Gasteiger partial charge in [0.25, 0.3) is 15.9 Å². The molecule has 1 heterocycles. The van der Waals surface area contributed by atoms with Crippen molar-refractivity contribution >= 4 is 43.2 Å². The SMILES string of the molecule is CCn1c(=NC(=O)c2ccc(NS(=O)(=O)c3ccc(C)cc3)cc2)sc2cc(OC)ccc21. The van der Waals surface area contributed by atoms with Gasteiger partial charge in [-0.1, -0.05) is 29.0 Å². The highest BCUT2D eigenvalue weighted by molar-refractivity contribution is 7.92. The standard InChI is InChI=1S/C24H23N3O4S2/c1-4-27-21-14-11-19(31-3)15-22(21)32-24(27)25-23(28)17-7-9-18(10-8-17)26-33(29,30)20-12-5-16(2)6-13-20/h5-15,26H,4H2,1-3H3. The lowest BCUT2D eigenvalue weighted by Crippen LogP contribution is -2.16. The normalized spacial score (nSPS) is 12.2. The van der Waals surface area contributed by atoms with E-state index in [1.54, 1.807) is 55.6 Å². The van der Waals surface area contributed by atoms with E-state index in [-0.39, 0.29) is 4.90 Å². The summed E-state index contributed by atoms with van der Waals surface area (Å²) in [5.41, 5.74) is 2.69. The predicted molar refractivity (Wildman–Crippen MR) is 130 cm³/mol. The number of methoxy groups -OCH3 is 1. The molecule has 0 atom stereocenters. The molecule has 4 aromatic rings. The second-order valence-electron chi connectivity index (χ2n) is 7.38. The van der Waals surface area contributed by atoms with Gasteiger partial charge in [0.05, 0.1) is 22.2 Å². The molecule has 0 saturated heterocycles. The number of ether oxygens (including phenoxy) is 1. The third-order valence-corrected chi connectivity index (χ3v) is 7.56. The average molecular weight is 482 g/mol. The molecule has 0 bridgehead atoms. The monoisotopic (exact) mass is 481 g/mol. The molecule has 0 saturated carbocycles. The van der Waals surface area contributed by atoms with E-state index in [1.807, 2.05) is 36.6 Å². The number of amides is 1. The highest BCUT2D eigenvalue weighted by Gasteiger charge is 2.14. The van der Waals surface area contributed by atoms with Crippen LogP contribution in [0.3, 0.4) is 0 Å². The Bertz CT molecular complexity index is 1480. The Balaban J connectivity index is 1.59. The molecule has 0 aliphatic heterocycles. The molecule has 1 N–H and O–H groups in total. The lowest BCUT2D eigenvalue weighted by molar-refractivity contribution is 0.0998. The van der Waals surface area contributed by atoms with Crippen LogP contribution in [0.5, 0.6) is 5.75 Å². The first kappa shape index (κ1) is 22.8. The van der Waals surface area contributed by atoms with Gasteiger partial charge in [-0.25, -0.2) is 8.42 Å². The van der Waals surface area contributed by atoms with Crippen LogP contribution in [-0.4, -0.2) is 26.0 Å². The van der Waals surface area contributed by atoms with Gasteiger partial charge in [-0.2, -0.15) is 4.99 Å². The van der Waals surface area contributed by atoms with Gasteiger partial charge < -0.3 is 9.30 Å². The van der Waals surface area contributed by atoms with Gasteiger partial charge in [0, 0.05) is 17.8 Å². The zero-order chi connectivity index (χ0) is 23.6. The molecule has 4 rings (SSSR count). The predicted octanol–water partition coefficient (Wildman–Crippen LogP) is 4.58. The maximum absolute atomic E-state index is 12.8. The Hall–Kier alpha value is -3.43. The molecule has 170 valence electrons. The molecule has 3 aromatic carbocycles. The van der Waals surface area contributed by atoms with Gasteiger partial charge >= 0.3 is 0 Å². The van der Waals surface area contributed by atoms with E-state index in [9.17, 15) is 13.2 Å². The van der Waals surface area contributed by atoms with Crippen LogP contribution >= 0.6 is 11.3 Å². The first-order valence-corrected chi connectivity index (χ1v) is 12.6. The molecule has 0 spiro atoms. The summed E-state index contributed by atoms with van der Waals surface area (Å²) >= 11 is 1.41. The van der Waals surface area contributed by atoms with Crippen molar-refractivity contribution in [1.29, 1.82) is 0 Å². The number of hydrogen-bond acceptors (Lipinski definition) is 5. The lowest BCUT2D eigenvalue weighted by atomic mass is 10.2. The van der Waals surface area contributed by atoms with Crippen LogP contribution in [-0.2, 0) is 16.6 Å². The fraction of sp³-hybridized carbons (Fsp3) is 0.167. The Labute approximate surface area is 196 Å². The number of nitrogens with one attached hydrogen (secondary N) is 1. The fourth-order valence-corrected chi connectivity index (χ4v) is 5.51. The van der Waals surface area contributed by atoms with Crippen molar-refractivity contribution in [2.45, 2.75) is 25.3 Å². The zero-order valence-corrected chi connectivity index (χ0v) is 20.0. The van der Waals surface area contributed by atoms with Gasteiger partial charge in [0.2, 0.25) is 0 Å². The number of rotatable bonds is 6. The van der Waals surface area contributed by atoms with Crippen molar-refractivity contribution in [2.75, 3.05) is 11.8 Å². The highest BCUT2D eigenvalue weighted by atomic mass is 32.2. The molecule has 0 fully saturated rings. The number of hydrogen-bond donors (Lipinski definition) is 1. The van der Waals surface area contributed by atoms with E-state index >= 15 is 0 Å². The number of sulfonamides is 1. The van der Waals surface area contributed by atoms with Gasteiger partial charge in [0.1, 0.15) is 5.75 Å². The van der Waals surface area contributed by atoms with Crippen molar-refractivity contribution < 1.29 is 17.9 Å². The van der Waals surface area contributed by atoms with Crippen molar-refractivity contribution in [1.82, 2.24) is 4.57 Å². The molecule has 0 aliphatic carbocycles. The summed E-state index contributed by atoms with van der Waals surface area (Å²) in [5.74, 6) is 0.345. The van der Waals surface area contributed by atoms with E-state index in [0.717, 1.165) is 21.5 Å². The quantitative estimate of drug-likeness (QED) is 0.436. The minimum Gasteiger partial charge on any atom is -0.497 e. The van der Waals surface area contributed by atoms with Gasteiger partial charge in [-0.3, -0.25) is 9.52 Å². The lowest BCUT2D eigenvalue weighted by Gasteiger charge is -2.08. The zero-order valence-electron chi connectivity index (χ0n) is 18.4. The van der Waals surface area contributed by atoms with E-state index in [4.69, 9.17) is 4.74 Å². The van der Waals surface area contributed by atoms with Crippen LogP contribution in [0, 0.1) is 6.92 Å². The summed E-state index contributed by atoms with van der Waals surface area (Å²) in [6, 6.07) is 18.6.